The van der Waals surface area contributed by atoms with Crippen LogP contribution in [0, 0.1) is 19.8 Å². The molecule has 2 aromatic carbocycles. The Labute approximate surface area is 204 Å². The predicted octanol–water partition coefficient (Wildman–Crippen LogP) is 4.50. The van der Waals surface area contributed by atoms with E-state index in [1.807, 2.05) is 61.5 Å². The summed E-state index contributed by atoms with van der Waals surface area (Å²) in [5.41, 5.74) is 6.64. The number of benzene rings is 2. The van der Waals surface area contributed by atoms with Gasteiger partial charge in [-0.3, -0.25) is 9.59 Å². The number of likely N-dealkylation sites (tertiary alicyclic amines) is 1. The van der Waals surface area contributed by atoms with Gasteiger partial charge in [0.15, 0.2) is 0 Å². The van der Waals surface area contributed by atoms with Gasteiger partial charge in [0.2, 0.25) is 5.91 Å². The standard InChI is InChI=1S/C27H30N6O2/c1-4-32-16-28-24-15-21(6-8-25(24)32)31-26(34)13-19-9-11-33(12-10-19)27(35)20-5-7-22-23(14-20)30-18(3)17(2)29-22/h5-8,14-16,19H,4,9-13H2,1-3H3,(H,31,34). The summed E-state index contributed by atoms with van der Waals surface area (Å²) < 4.78 is 2.07. The minimum atomic E-state index is 0.00261. The van der Waals surface area contributed by atoms with E-state index >= 15 is 0 Å². The molecule has 5 rings (SSSR count). The van der Waals surface area contributed by atoms with Crippen LogP contribution in [0.2, 0.25) is 0 Å². The van der Waals surface area contributed by atoms with Gasteiger partial charge < -0.3 is 14.8 Å². The summed E-state index contributed by atoms with van der Waals surface area (Å²) in [5.74, 6) is 0.271. The summed E-state index contributed by atoms with van der Waals surface area (Å²) in [5, 5.41) is 3.01. The molecule has 3 heterocycles. The molecule has 1 saturated heterocycles. The second-order valence-electron chi connectivity index (χ2n) is 9.32. The number of aryl methyl sites for hydroxylation is 3. The molecule has 180 valence electrons. The fourth-order valence-corrected chi connectivity index (χ4v) is 4.75. The quantitative estimate of drug-likeness (QED) is 0.464. The second-order valence-corrected chi connectivity index (χ2v) is 9.32. The zero-order valence-corrected chi connectivity index (χ0v) is 20.4. The number of hydrogen-bond donors (Lipinski definition) is 1. The van der Waals surface area contributed by atoms with Crippen molar-refractivity contribution in [1.29, 1.82) is 0 Å². The average molecular weight is 471 g/mol. The van der Waals surface area contributed by atoms with Crippen molar-refractivity contribution in [2.24, 2.45) is 5.92 Å². The highest BCUT2D eigenvalue weighted by Gasteiger charge is 2.25. The maximum Gasteiger partial charge on any atom is 0.253 e. The van der Waals surface area contributed by atoms with Gasteiger partial charge in [-0.25, -0.2) is 15.0 Å². The smallest absolute Gasteiger partial charge is 0.253 e. The normalized spacial score (nSPS) is 14.5. The van der Waals surface area contributed by atoms with Crippen molar-refractivity contribution < 1.29 is 9.59 Å². The minimum absolute atomic E-state index is 0.00261. The van der Waals surface area contributed by atoms with E-state index in [2.05, 4.69) is 31.8 Å². The van der Waals surface area contributed by atoms with E-state index in [-0.39, 0.29) is 17.7 Å². The van der Waals surface area contributed by atoms with Gasteiger partial charge in [0.05, 0.1) is 39.8 Å². The van der Waals surface area contributed by atoms with Crippen molar-refractivity contribution >= 4 is 39.6 Å². The van der Waals surface area contributed by atoms with Gasteiger partial charge in [-0.15, -0.1) is 0 Å². The highest BCUT2D eigenvalue weighted by atomic mass is 16.2. The molecular formula is C27H30N6O2. The zero-order valence-electron chi connectivity index (χ0n) is 20.4. The number of carbonyl (C=O) groups excluding carboxylic acids is 2. The van der Waals surface area contributed by atoms with Crippen LogP contribution in [-0.4, -0.2) is 49.3 Å². The molecule has 8 heteroatoms. The van der Waals surface area contributed by atoms with Crippen molar-refractivity contribution in [2.75, 3.05) is 18.4 Å². The monoisotopic (exact) mass is 470 g/mol. The van der Waals surface area contributed by atoms with E-state index in [0.29, 0.717) is 25.1 Å². The van der Waals surface area contributed by atoms with Crippen molar-refractivity contribution in [3.8, 4) is 0 Å². The van der Waals surface area contributed by atoms with Gasteiger partial charge in [-0.1, -0.05) is 0 Å². The number of nitrogens with one attached hydrogen (secondary N) is 1. The fourth-order valence-electron chi connectivity index (χ4n) is 4.75. The first-order valence-corrected chi connectivity index (χ1v) is 12.2. The summed E-state index contributed by atoms with van der Waals surface area (Å²) in [4.78, 5) is 41.2. The van der Waals surface area contributed by atoms with Crippen molar-refractivity contribution in [3.05, 3.63) is 59.7 Å². The summed E-state index contributed by atoms with van der Waals surface area (Å²) in [6.07, 6.45) is 3.89. The molecule has 1 fully saturated rings. The number of aromatic nitrogens is 4. The highest BCUT2D eigenvalue weighted by Crippen LogP contribution is 2.24. The third-order valence-electron chi connectivity index (χ3n) is 6.94. The largest absolute Gasteiger partial charge is 0.339 e. The maximum absolute atomic E-state index is 13.1. The lowest BCUT2D eigenvalue weighted by molar-refractivity contribution is -0.117. The summed E-state index contributed by atoms with van der Waals surface area (Å²) >= 11 is 0. The van der Waals surface area contributed by atoms with Crippen LogP contribution in [-0.2, 0) is 11.3 Å². The summed E-state index contributed by atoms with van der Waals surface area (Å²) in [6.45, 7) is 8.09. The van der Waals surface area contributed by atoms with Gasteiger partial charge in [0, 0.05) is 37.3 Å². The third-order valence-corrected chi connectivity index (χ3v) is 6.94. The van der Waals surface area contributed by atoms with Gasteiger partial charge in [-0.05, 0) is 75.9 Å². The van der Waals surface area contributed by atoms with Crippen LogP contribution in [0.25, 0.3) is 22.1 Å². The van der Waals surface area contributed by atoms with Crippen LogP contribution >= 0.6 is 0 Å². The molecule has 0 radical (unpaired) electrons. The third kappa shape index (κ3) is 4.73. The maximum atomic E-state index is 13.1. The van der Waals surface area contributed by atoms with E-state index < -0.39 is 0 Å². The molecule has 0 atom stereocenters. The molecule has 0 bridgehead atoms. The molecule has 0 unspecified atom stereocenters. The number of hydrogen-bond acceptors (Lipinski definition) is 5. The molecule has 1 aliphatic heterocycles. The van der Waals surface area contributed by atoms with Crippen molar-refractivity contribution in [2.45, 2.75) is 46.6 Å². The number of fused-ring (bicyclic) bond motifs is 2. The Kier molecular flexibility index (Phi) is 6.19. The van der Waals surface area contributed by atoms with Gasteiger partial charge in [0.25, 0.3) is 5.91 Å². The summed E-state index contributed by atoms with van der Waals surface area (Å²) in [6, 6.07) is 11.4. The predicted molar refractivity (Wildman–Crippen MR) is 136 cm³/mol. The molecular weight excluding hydrogens is 440 g/mol. The summed E-state index contributed by atoms with van der Waals surface area (Å²) in [7, 11) is 0. The molecule has 35 heavy (non-hydrogen) atoms. The number of carbonyl (C=O) groups is 2. The number of anilines is 1. The molecule has 8 nitrogen and oxygen atoms in total. The van der Waals surface area contributed by atoms with E-state index in [1.54, 1.807) is 0 Å². The van der Waals surface area contributed by atoms with Crippen molar-refractivity contribution in [1.82, 2.24) is 24.4 Å². The average Bonchev–Trinajstić information content (AvgIpc) is 3.27. The number of piperidine rings is 1. The topological polar surface area (TPSA) is 93.0 Å². The number of imidazole rings is 1. The lowest BCUT2D eigenvalue weighted by Crippen LogP contribution is -2.39. The van der Waals surface area contributed by atoms with Gasteiger partial charge in [-0.2, -0.15) is 0 Å². The van der Waals surface area contributed by atoms with E-state index in [9.17, 15) is 9.59 Å². The van der Waals surface area contributed by atoms with Crippen LogP contribution in [0.3, 0.4) is 0 Å². The number of rotatable bonds is 5. The first kappa shape index (κ1) is 23.0. The molecule has 1 aliphatic rings. The highest BCUT2D eigenvalue weighted by molar-refractivity contribution is 5.97. The Morgan fingerprint density at radius 1 is 0.971 bits per heavy atom. The van der Waals surface area contributed by atoms with E-state index in [1.165, 1.54) is 0 Å². The molecule has 2 aromatic heterocycles. The van der Waals surface area contributed by atoms with Gasteiger partial charge >= 0.3 is 0 Å². The Hall–Kier alpha value is -3.81. The Balaban J connectivity index is 1.16. The number of amides is 2. The van der Waals surface area contributed by atoms with E-state index in [4.69, 9.17) is 0 Å². The first-order valence-electron chi connectivity index (χ1n) is 12.2. The Bertz CT molecular complexity index is 1420. The minimum Gasteiger partial charge on any atom is -0.339 e. The van der Waals surface area contributed by atoms with Crippen LogP contribution in [0.4, 0.5) is 5.69 Å². The second kappa shape index (κ2) is 9.44. The lowest BCUT2D eigenvalue weighted by atomic mass is 9.92. The molecule has 1 N–H and O–H groups in total. The Morgan fingerprint density at radius 3 is 2.46 bits per heavy atom. The molecule has 4 aromatic rings. The van der Waals surface area contributed by atoms with Gasteiger partial charge in [0.1, 0.15) is 0 Å². The van der Waals surface area contributed by atoms with Crippen LogP contribution < -0.4 is 5.32 Å². The van der Waals surface area contributed by atoms with E-state index in [0.717, 1.165) is 58.5 Å². The molecule has 0 saturated carbocycles. The molecule has 0 aliphatic carbocycles. The van der Waals surface area contributed by atoms with Crippen molar-refractivity contribution in [3.63, 3.8) is 0 Å². The fraction of sp³-hybridized carbons (Fsp3) is 0.370. The zero-order chi connectivity index (χ0) is 24.5. The first-order chi connectivity index (χ1) is 16.9. The number of nitrogens with zero attached hydrogens (tertiary/aromatic N) is 5. The lowest BCUT2D eigenvalue weighted by Gasteiger charge is -2.32. The Morgan fingerprint density at radius 2 is 1.71 bits per heavy atom. The SMILES string of the molecule is CCn1cnc2cc(NC(=O)CC3CCN(C(=O)c4ccc5nc(C)c(C)nc5c4)CC3)ccc21. The van der Waals surface area contributed by atoms with Crippen LogP contribution in [0.5, 0.6) is 0 Å². The molecule has 0 spiro atoms. The van der Waals surface area contributed by atoms with Crippen LogP contribution in [0.15, 0.2) is 42.7 Å². The molecule has 2 amide bonds. The van der Waals surface area contributed by atoms with Crippen LogP contribution in [0.1, 0.15) is 47.9 Å².